The van der Waals surface area contributed by atoms with Gasteiger partial charge in [-0.2, -0.15) is 0 Å². The lowest BCUT2D eigenvalue weighted by molar-refractivity contribution is 0.324. The van der Waals surface area contributed by atoms with Gasteiger partial charge in [0, 0.05) is 24.4 Å². The third-order valence-corrected chi connectivity index (χ3v) is 3.49. The summed E-state index contributed by atoms with van der Waals surface area (Å²) >= 11 is 0. The van der Waals surface area contributed by atoms with Crippen molar-refractivity contribution in [3.8, 4) is 17.2 Å². The Morgan fingerprint density at radius 3 is 1.95 bits per heavy atom. The third kappa shape index (κ3) is 2.62. The largest absolute Gasteiger partial charge is 0.493 e. The van der Waals surface area contributed by atoms with E-state index in [-0.39, 0.29) is 0 Å². The van der Waals surface area contributed by atoms with Crippen LogP contribution in [-0.2, 0) is 0 Å². The zero-order chi connectivity index (χ0) is 13.8. The number of benzene rings is 1. The van der Waals surface area contributed by atoms with Crippen molar-refractivity contribution in [3.05, 3.63) is 24.3 Å². The van der Waals surface area contributed by atoms with Crippen molar-refractivity contribution in [3.63, 3.8) is 0 Å². The SMILES string of the molecule is C=C(c1cc(OC)c(OC)c(OC)c1)N1CCCC1. The van der Waals surface area contributed by atoms with Gasteiger partial charge in [0.2, 0.25) is 5.75 Å². The van der Waals surface area contributed by atoms with Gasteiger partial charge in [-0.3, -0.25) is 0 Å². The first-order valence-electron chi connectivity index (χ1n) is 6.45. The smallest absolute Gasteiger partial charge is 0.203 e. The highest BCUT2D eigenvalue weighted by atomic mass is 16.5. The predicted molar refractivity (Wildman–Crippen MR) is 75.9 cm³/mol. The minimum Gasteiger partial charge on any atom is -0.493 e. The summed E-state index contributed by atoms with van der Waals surface area (Å²) in [7, 11) is 4.86. The maximum absolute atomic E-state index is 5.37. The first-order chi connectivity index (χ1) is 9.21. The fourth-order valence-electron chi connectivity index (χ4n) is 2.42. The summed E-state index contributed by atoms with van der Waals surface area (Å²) < 4.78 is 16.1. The monoisotopic (exact) mass is 263 g/mol. The summed E-state index contributed by atoms with van der Waals surface area (Å²) in [4.78, 5) is 2.29. The van der Waals surface area contributed by atoms with E-state index >= 15 is 0 Å². The van der Waals surface area contributed by atoms with Crippen molar-refractivity contribution < 1.29 is 14.2 Å². The van der Waals surface area contributed by atoms with Crippen molar-refractivity contribution >= 4 is 5.70 Å². The molecule has 0 unspecified atom stereocenters. The van der Waals surface area contributed by atoms with Gasteiger partial charge in [0.1, 0.15) is 0 Å². The van der Waals surface area contributed by atoms with E-state index in [9.17, 15) is 0 Å². The first kappa shape index (κ1) is 13.6. The average Bonchev–Trinajstić information content (AvgIpc) is 2.98. The molecule has 1 heterocycles. The molecule has 1 aromatic rings. The topological polar surface area (TPSA) is 30.9 Å². The number of hydrogen-bond acceptors (Lipinski definition) is 4. The zero-order valence-electron chi connectivity index (χ0n) is 11.9. The Hall–Kier alpha value is -1.84. The van der Waals surface area contributed by atoms with E-state index in [0.717, 1.165) is 24.4 Å². The molecule has 0 N–H and O–H groups in total. The second-order valence-corrected chi connectivity index (χ2v) is 4.55. The standard InChI is InChI=1S/C15H21NO3/c1-11(16-7-5-6-8-16)12-9-13(17-2)15(19-4)14(10-12)18-3/h9-10H,1,5-8H2,2-4H3. The summed E-state index contributed by atoms with van der Waals surface area (Å²) in [6.07, 6.45) is 2.45. The molecule has 19 heavy (non-hydrogen) atoms. The van der Waals surface area contributed by atoms with Crippen LogP contribution in [0.1, 0.15) is 18.4 Å². The highest BCUT2D eigenvalue weighted by Crippen LogP contribution is 2.40. The number of methoxy groups -OCH3 is 3. The van der Waals surface area contributed by atoms with Gasteiger partial charge in [0.25, 0.3) is 0 Å². The number of hydrogen-bond donors (Lipinski definition) is 0. The van der Waals surface area contributed by atoms with Gasteiger partial charge in [-0.05, 0) is 25.0 Å². The molecule has 104 valence electrons. The average molecular weight is 263 g/mol. The summed E-state index contributed by atoms with van der Waals surface area (Å²) in [5, 5.41) is 0. The molecule has 0 amide bonds. The highest BCUT2D eigenvalue weighted by Gasteiger charge is 2.19. The van der Waals surface area contributed by atoms with Gasteiger partial charge in [-0.25, -0.2) is 0 Å². The molecule has 0 saturated carbocycles. The van der Waals surface area contributed by atoms with Gasteiger partial charge in [-0.15, -0.1) is 0 Å². The second kappa shape index (κ2) is 5.87. The third-order valence-electron chi connectivity index (χ3n) is 3.49. The molecule has 0 radical (unpaired) electrons. The molecule has 0 atom stereocenters. The molecular weight excluding hydrogens is 242 g/mol. The van der Waals surface area contributed by atoms with Crippen molar-refractivity contribution in [2.24, 2.45) is 0 Å². The van der Waals surface area contributed by atoms with Crippen LogP contribution in [-0.4, -0.2) is 39.3 Å². The molecule has 2 rings (SSSR count). The van der Waals surface area contributed by atoms with Crippen LogP contribution in [0.4, 0.5) is 0 Å². The molecule has 0 spiro atoms. The van der Waals surface area contributed by atoms with Crippen molar-refractivity contribution in [2.45, 2.75) is 12.8 Å². The Morgan fingerprint density at radius 2 is 1.53 bits per heavy atom. The minimum absolute atomic E-state index is 0.614. The maximum atomic E-state index is 5.37. The molecule has 1 aromatic carbocycles. The summed E-state index contributed by atoms with van der Waals surface area (Å²) in [6.45, 7) is 6.32. The molecule has 0 bridgehead atoms. The minimum atomic E-state index is 0.614. The molecule has 4 nitrogen and oxygen atoms in total. The van der Waals surface area contributed by atoms with Gasteiger partial charge in [-0.1, -0.05) is 6.58 Å². The van der Waals surface area contributed by atoms with Crippen LogP contribution < -0.4 is 14.2 Å². The van der Waals surface area contributed by atoms with E-state index in [0.29, 0.717) is 17.2 Å². The molecule has 1 fully saturated rings. The first-order valence-corrected chi connectivity index (χ1v) is 6.45. The fraction of sp³-hybridized carbons (Fsp3) is 0.467. The second-order valence-electron chi connectivity index (χ2n) is 4.55. The van der Waals surface area contributed by atoms with Gasteiger partial charge in [0.05, 0.1) is 21.3 Å². The Morgan fingerprint density at radius 1 is 1.00 bits per heavy atom. The number of likely N-dealkylation sites (tertiary alicyclic amines) is 1. The van der Waals surface area contributed by atoms with Gasteiger partial charge < -0.3 is 19.1 Å². The van der Waals surface area contributed by atoms with E-state index in [2.05, 4.69) is 11.5 Å². The Kier molecular flexibility index (Phi) is 4.20. The van der Waals surface area contributed by atoms with Crippen LogP contribution in [0.5, 0.6) is 17.2 Å². The summed E-state index contributed by atoms with van der Waals surface area (Å²) in [5.41, 5.74) is 2.02. The van der Waals surface area contributed by atoms with Gasteiger partial charge >= 0.3 is 0 Å². The zero-order valence-corrected chi connectivity index (χ0v) is 11.9. The molecule has 1 aliphatic rings. The Labute approximate surface area is 114 Å². The molecule has 1 aliphatic heterocycles. The van der Waals surface area contributed by atoms with Crippen molar-refractivity contribution in [1.29, 1.82) is 0 Å². The lowest BCUT2D eigenvalue weighted by atomic mass is 10.1. The lowest BCUT2D eigenvalue weighted by Gasteiger charge is -2.22. The quantitative estimate of drug-likeness (QED) is 0.817. The maximum Gasteiger partial charge on any atom is 0.203 e. The molecule has 0 aromatic heterocycles. The molecule has 1 saturated heterocycles. The summed E-state index contributed by atoms with van der Waals surface area (Å²) in [6, 6.07) is 3.89. The van der Waals surface area contributed by atoms with E-state index in [4.69, 9.17) is 14.2 Å². The highest BCUT2D eigenvalue weighted by molar-refractivity contribution is 5.68. The van der Waals surface area contributed by atoms with Crippen LogP contribution in [0, 0.1) is 0 Å². The van der Waals surface area contributed by atoms with Crippen LogP contribution in [0.3, 0.4) is 0 Å². The van der Waals surface area contributed by atoms with Crippen molar-refractivity contribution in [1.82, 2.24) is 4.90 Å². The normalized spacial score (nSPS) is 14.4. The molecule has 0 aliphatic carbocycles. The fourth-order valence-corrected chi connectivity index (χ4v) is 2.42. The van der Waals surface area contributed by atoms with Crippen LogP contribution in [0.25, 0.3) is 5.70 Å². The number of ether oxygens (including phenoxy) is 3. The van der Waals surface area contributed by atoms with E-state index < -0.39 is 0 Å². The summed E-state index contributed by atoms with van der Waals surface area (Å²) in [5.74, 6) is 1.94. The Bertz CT molecular complexity index is 439. The van der Waals surface area contributed by atoms with Crippen LogP contribution in [0.15, 0.2) is 18.7 Å². The number of nitrogens with zero attached hydrogens (tertiary/aromatic N) is 1. The Balaban J connectivity index is 2.37. The van der Waals surface area contributed by atoms with E-state index in [1.807, 2.05) is 12.1 Å². The predicted octanol–water partition coefficient (Wildman–Crippen LogP) is 2.78. The lowest BCUT2D eigenvalue weighted by Crippen LogP contribution is -2.16. The number of rotatable bonds is 5. The van der Waals surface area contributed by atoms with Crippen LogP contribution in [0.2, 0.25) is 0 Å². The van der Waals surface area contributed by atoms with Crippen LogP contribution >= 0.6 is 0 Å². The molecule has 4 heteroatoms. The van der Waals surface area contributed by atoms with Gasteiger partial charge in [0.15, 0.2) is 11.5 Å². The molecular formula is C15H21NO3. The van der Waals surface area contributed by atoms with E-state index in [1.165, 1.54) is 12.8 Å². The van der Waals surface area contributed by atoms with Crippen molar-refractivity contribution in [2.75, 3.05) is 34.4 Å². The van der Waals surface area contributed by atoms with E-state index in [1.54, 1.807) is 21.3 Å².